The summed E-state index contributed by atoms with van der Waals surface area (Å²) in [6.45, 7) is 4.15. The lowest BCUT2D eigenvalue weighted by Crippen LogP contribution is -2.24. The summed E-state index contributed by atoms with van der Waals surface area (Å²) < 4.78 is 1.60. The van der Waals surface area contributed by atoms with E-state index in [4.69, 9.17) is 28.2 Å². The predicted molar refractivity (Wildman–Crippen MR) is 137 cm³/mol. The van der Waals surface area contributed by atoms with Crippen molar-refractivity contribution in [2.24, 2.45) is 0 Å². The van der Waals surface area contributed by atoms with Crippen LogP contribution in [0.5, 0.6) is 0 Å². The van der Waals surface area contributed by atoms with E-state index >= 15 is 0 Å². The fourth-order valence-electron chi connectivity index (χ4n) is 3.51. The summed E-state index contributed by atoms with van der Waals surface area (Å²) in [7, 11) is 0. The molecule has 0 fully saturated rings. The zero-order valence-corrected chi connectivity index (χ0v) is 20.3. The van der Waals surface area contributed by atoms with Crippen molar-refractivity contribution in [3.63, 3.8) is 0 Å². The number of fused-ring (bicyclic) bond motifs is 1. The fourth-order valence-corrected chi connectivity index (χ4v) is 4.65. The number of nitrogens with zero attached hydrogens (tertiary/aromatic N) is 2. The first kappa shape index (κ1) is 23.4. The van der Waals surface area contributed by atoms with E-state index in [0.29, 0.717) is 31.8 Å². The van der Waals surface area contributed by atoms with E-state index in [0.717, 1.165) is 11.3 Å². The van der Waals surface area contributed by atoms with Crippen LogP contribution < -0.4 is 10.9 Å². The number of carbonyl (C=O) groups is 1. The monoisotopic (exact) mass is 497 g/mol. The average Bonchev–Trinajstić information content (AvgIpc) is 2.80. The Balaban J connectivity index is 1.73. The number of amides is 1. The molecular weight excluding hydrogens is 477 g/mol. The molecule has 5 nitrogen and oxygen atoms in total. The topological polar surface area (TPSA) is 64.0 Å². The van der Waals surface area contributed by atoms with Gasteiger partial charge in [-0.05, 0) is 47.9 Å². The van der Waals surface area contributed by atoms with Gasteiger partial charge in [0, 0.05) is 5.02 Å². The van der Waals surface area contributed by atoms with Crippen LogP contribution in [0.4, 0.5) is 5.69 Å². The summed E-state index contributed by atoms with van der Waals surface area (Å²) in [6, 6.07) is 19.8. The quantitative estimate of drug-likeness (QED) is 0.242. The van der Waals surface area contributed by atoms with Gasteiger partial charge >= 0.3 is 0 Å². The van der Waals surface area contributed by atoms with E-state index in [1.54, 1.807) is 34.9 Å². The van der Waals surface area contributed by atoms with E-state index in [-0.39, 0.29) is 23.1 Å². The van der Waals surface area contributed by atoms with Gasteiger partial charge in [0.25, 0.3) is 5.56 Å². The molecule has 0 unspecified atom stereocenters. The van der Waals surface area contributed by atoms with E-state index in [1.807, 2.05) is 36.4 Å². The van der Waals surface area contributed by atoms with Crippen molar-refractivity contribution < 1.29 is 4.79 Å². The van der Waals surface area contributed by atoms with Gasteiger partial charge in [0.1, 0.15) is 0 Å². The molecule has 4 rings (SSSR count). The standard InChI is InChI=1S/C25H21Cl2N3O2S/c1-15(2)17-7-4-6-10-22(17)30-24(32)18-8-3-5-9-20(18)29-25(30)33-14-23(31)28-21-13-16(26)11-12-19(21)27/h3-13,15H,14H2,1-2H3,(H,28,31). The Morgan fingerprint density at radius 2 is 1.79 bits per heavy atom. The van der Waals surface area contributed by atoms with Crippen LogP contribution in [-0.2, 0) is 4.79 Å². The first-order chi connectivity index (χ1) is 15.8. The average molecular weight is 498 g/mol. The Kier molecular flexibility index (Phi) is 7.08. The molecule has 1 heterocycles. The first-order valence-electron chi connectivity index (χ1n) is 10.3. The minimum Gasteiger partial charge on any atom is -0.324 e. The van der Waals surface area contributed by atoms with E-state index in [2.05, 4.69) is 19.2 Å². The van der Waals surface area contributed by atoms with Crippen LogP contribution in [0.15, 0.2) is 76.7 Å². The second-order valence-electron chi connectivity index (χ2n) is 7.73. The lowest BCUT2D eigenvalue weighted by Gasteiger charge is -2.18. The van der Waals surface area contributed by atoms with Crippen molar-refractivity contribution in [2.45, 2.75) is 24.9 Å². The normalized spacial score (nSPS) is 11.2. The second kappa shape index (κ2) is 10.00. The molecular formula is C25H21Cl2N3O2S. The van der Waals surface area contributed by atoms with Gasteiger partial charge in [-0.3, -0.25) is 14.2 Å². The lowest BCUT2D eigenvalue weighted by atomic mass is 10.0. The van der Waals surface area contributed by atoms with Gasteiger partial charge in [0.05, 0.1) is 33.1 Å². The molecule has 0 spiro atoms. The minimum absolute atomic E-state index is 0.0392. The van der Waals surface area contributed by atoms with Crippen molar-refractivity contribution in [2.75, 3.05) is 11.1 Å². The predicted octanol–water partition coefficient (Wildman–Crippen LogP) is 6.55. The van der Waals surface area contributed by atoms with E-state index in [1.165, 1.54) is 11.8 Å². The maximum Gasteiger partial charge on any atom is 0.266 e. The Bertz CT molecular complexity index is 1400. The molecule has 0 saturated carbocycles. The Hall–Kier alpha value is -2.80. The third kappa shape index (κ3) is 5.08. The van der Waals surface area contributed by atoms with Crippen molar-refractivity contribution in [3.05, 3.63) is 92.7 Å². The summed E-state index contributed by atoms with van der Waals surface area (Å²) in [5.74, 6) is -0.0433. The molecule has 168 valence electrons. The molecule has 0 saturated heterocycles. The Morgan fingerprint density at radius 1 is 1.06 bits per heavy atom. The van der Waals surface area contributed by atoms with Gasteiger partial charge < -0.3 is 5.32 Å². The number of hydrogen-bond donors (Lipinski definition) is 1. The second-order valence-corrected chi connectivity index (χ2v) is 9.51. The van der Waals surface area contributed by atoms with Crippen LogP contribution in [0.2, 0.25) is 10.0 Å². The van der Waals surface area contributed by atoms with Crippen molar-refractivity contribution in [1.82, 2.24) is 9.55 Å². The SMILES string of the molecule is CC(C)c1ccccc1-n1c(SCC(=O)Nc2cc(Cl)ccc2Cl)nc2ccccc2c1=O. The zero-order chi connectivity index (χ0) is 23.5. The summed E-state index contributed by atoms with van der Waals surface area (Å²) in [6.07, 6.45) is 0. The molecule has 0 bridgehead atoms. The van der Waals surface area contributed by atoms with Crippen LogP contribution in [0, 0.1) is 0 Å². The molecule has 0 radical (unpaired) electrons. The number of carbonyl (C=O) groups excluding carboxylic acids is 1. The smallest absolute Gasteiger partial charge is 0.266 e. The molecule has 1 aromatic heterocycles. The lowest BCUT2D eigenvalue weighted by molar-refractivity contribution is -0.113. The molecule has 4 aromatic rings. The minimum atomic E-state index is -0.282. The summed E-state index contributed by atoms with van der Waals surface area (Å²) in [5, 5.41) is 4.60. The van der Waals surface area contributed by atoms with Crippen molar-refractivity contribution >= 4 is 57.5 Å². The van der Waals surface area contributed by atoms with Gasteiger partial charge in [0.2, 0.25) is 5.91 Å². The number of thioether (sulfide) groups is 1. The summed E-state index contributed by atoms with van der Waals surface area (Å²) >= 11 is 13.4. The summed E-state index contributed by atoms with van der Waals surface area (Å²) in [5.41, 5.74) is 2.63. The van der Waals surface area contributed by atoms with Crippen molar-refractivity contribution in [3.8, 4) is 5.69 Å². The highest BCUT2D eigenvalue weighted by atomic mass is 35.5. The van der Waals surface area contributed by atoms with Crippen LogP contribution >= 0.6 is 35.0 Å². The first-order valence-corrected chi connectivity index (χ1v) is 12.1. The number of hydrogen-bond acceptors (Lipinski definition) is 4. The van der Waals surface area contributed by atoms with Crippen LogP contribution in [0.1, 0.15) is 25.3 Å². The van der Waals surface area contributed by atoms with Gasteiger partial charge in [-0.1, -0.05) is 79.1 Å². The Morgan fingerprint density at radius 3 is 2.58 bits per heavy atom. The van der Waals surface area contributed by atoms with Crippen LogP contribution in [0.25, 0.3) is 16.6 Å². The molecule has 0 aliphatic rings. The third-order valence-corrected chi connectivity index (χ3v) is 6.58. The number of anilines is 1. The highest BCUT2D eigenvalue weighted by Crippen LogP contribution is 2.28. The number of aromatic nitrogens is 2. The molecule has 0 aliphatic carbocycles. The van der Waals surface area contributed by atoms with Crippen LogP contribution in [0.3, 0.4) is 0 Å². The van der Waals surface area contributed by atoms with Gasteiger partial charge in [0.15, 0.2) is 5.16 Å². The van der Waals surface area contributed by atoms with Gasteiger partial charge in [-0.25, -0.2) is 4.98 Å². The summed E-state index contributed by atoms with van der Waals surface area (Å²) in [4.78, 5) is 30.9. The highest BCUT2D eigenvalue weighted by Gasteiger charge is 2.18. The molecule has 0 aliphatic heterocycles. The van der Waals surface area contributed by atoms with Gasteiger partial charge in [-0.2, -0.15) is 0 Å². The molecule has 0 atom stereocenters. The largest absolute Gasteiger partial charge is 0.324 e. The van der Waals surface area contributed by atoms with E-state index < -0.39 is 0 Å². The number of nitrogens with one attached hydrogen (secondary N) is 1. The number of halogens is 2. The highest BCUT2D eigenvalue weighted by molar-refractivity contribution is 7.99. The van der Waals surface area contributed by atoms with Crippen LogP contribution in [-0.4, -0.2) is 21.2 Å². The van der Waals surface area contributed by atoms with Gasteiger partial charge in [-0.15, -0.1) is 0 Å². The Labute approximate surface area is 205 Å². The molecule has 33 heavy (non-hydrogen) atoms. The fraction of sp³-hybridized carbons (Fsp3) is 0.160. The maximum absolute atomic E-state index is 13.5. The zero-order valence-electron chi connectivity index (χ0n) is 18.0. The molecule has 3 aromatic carbocycles. The third-order valence-electron chi connectivity index (χ3n) is 5.08. The number of para-hydroxylation sites is 2. The number of rotatable bonds is 6. The molecule has 1 N–H and O–H groups in total. The maximum atomic E-state index is 13.5. The molecule has 8 heteroatoms. The van der Waals surface area contributed by atoms with E-state index in [9.17, 15) is 9.59 Å². The molecule has 1 amide bonds. The number of benzene rings is 3. The van der Waals surface area contributed by atoms with Crippen molar-refractivity contribution in [1.29, 1.82) is 0 Å².